The first-order valence-corrected chi connectivity index (χ1v) is 9.23. The van der Waals surface area contributed by atoms with Crippen LogP contribution in [0.1, 0.15) is 18.4 Å². The van der Waals surface area contributed by atoms with Gasteiger partial charge in [-0.2, -0.15) is 4.98 Å². The highest BCUT2D eigenvalue weighted by molar-refractivity contribution is 5.79. The fourth-order valence-corrected chi connectivity index (χ4v) is 3.25. The summed E-state index contributed by atoms with van der Waals surface area (Å²) >= 11 is 0. The summed E-state index contributed by atoms with van der Waals surface area (Å²) in [6.45, 7) is 1.47. The Morgan fingerprint density at radius 1 is 1.26 bits per heavy atom. The molecule has 1 aromatic heterocycles. The molecular weight excluding hydrogens is 342 g/mol. The van der Waals surface area contributed by atoms with E-state index in [2.05, 4.69) is 15.3 Å². The van der Waals surface area contributed by atoms with Crippen LogP contribution in [0.5, 0.6) is 5.75 Å². The predicted molar refractivity (Wildman–Crippen MR) is 106 cm³/mol. The number of carbonyl (C=O) groups is 1. The maximum atomic E-state index is 12.6. The van der Waals surface area contributed by atoms with Crippen molar-refractivity contribution in [1.82, 2.24) is 14.9 Å². The number of hydrogen-bond acceptors (Lipinski definition) is 6. The van der Waals surface area contributed by atoms with Gasteiger partial charge in [0.15, 0.2) is 0 Å². The molecular formula is C20H27N5O2. The lowest BCUT2D eigenvalue weighted by Crippen LogP contribution is -2.43. The molecule has 0 aliphatic carbocycles. The number of rotatable bonds is 6. The summed E-state index contributed by atoms with van der Waals surface area (Å²) < 4.78 is 5.35. The molecule has 7 nitrogen and oxygen atoms in total. The number of piperidine rings is 1. The summed E-state index contributed by atoms with van der Waals surface area (Å²) in [6, 6.07) is 9.84. The lowest BCUT2D eigenvalue weighted by atomic mass is 10.0. The highest BCUT2D eigenvalue weighted by Gasteiger charge is 2.24. The average molecular weight is 369 g/mol. The van der Waals surface area contributed by atoms with E-state index in [9.17, 15) is 4.79 Å². The van der Waals surface area contributed by atoms with Gasteiger partial charge in [-0.1, -0.05) is 18.2 Å². The van der Waals surface area contributed by atoms with Crippen LogP contribution >= 0.6 is 0 Å². The van der Waals surface area contributed by atoms with Crippen LogP contribution in [0, 0.1) is 0 Å². The summed E-state index contributed by atoms with van der Waals surface area (Å²) in [6.07, 6.45) is 3.90. The Kier molecular flexibility index (Phi) is 6.11. The molecule has 1 aromatic carbocycles. The van der Waals surface area contributed by atoms with E-state index in [1.807, 2.05) is 54.2 Å². The Hall–Kier alpha value is -2.83. The molecule has 0 spiro atoms. The van der Waals surface area contributed by atoms with Crippen molar-refractivity contribution in [1.29, 1.82) is 0 Å². The Morgan fingerprint density at radius 2 is 2.00 bits per heavy atom. The molecule has 144 valence electrons. The fourth-order valence-electron chi connectivity index (χ4n) is 3.25. The lowest BCUT2D eigenvalue weighted by molar-refractivity contribution is -0.131. The first-order chi connectivity index (χ1) is 13.1. The lowest BCUT2D eigenvalue weighted by Gasteiger charge is -2.32. The van der Waals surface area contributed by atoms with E-state index in [0.29, 0.717) is 12.4 Å². The summed E-state index contributed by atoms with van der Waals surface area (Å²) in [5.74, 6) is 2.42. The van der Waals surface area contributed by atoms with Crippen LogP contribution in [-0.4, -0.2) is 61.1 Å². The molecule has 0 saturated carbocycles. The molecule has 0 unspecified atom stereocenters. The number of aromatic nitrogens is 2. The second-order valence-electron chi connectivity index (χ2n) is 6.92. The smallest absolute Gasteiger partial charge is 0.227 e. The highest BCUT2D eigenvalue weighted by atomic mass is 16.5. The van der Waals surface area contributed by atoms with E-state index in [4.69, 9.17) is 4.74 Å². The molecule has 3 rings (SSSR count). The van der Waals surface area contributed by atoms with Crippen molar-refractivity contribution in [3.05, 3.63) is 42.1 Å². The van der Waals surface area contributed by atoms with Crippen LogP contribution in [0.2, 0.25) is 0 Å². The van der Waals surface area contributed by atoms with Gasteiger partial charge in [-0.05, 0) is 25.0 Å². The molecule has 7 heteroatoms. The first-order valence-electron chi connectivity index (χ1n) is 9.23. The van der Waals surface area contributed by atoms with Gasteiger partial charge in [-0.25, -0.2) is 4.98 Å². The van der Waals surface area contributed by atoms with Crippen molar-refractivity contribution in [3.63, 3.8) is 0 Å². The zero-order valence-corrected chi connectivity index (χ0v) is 16.2. The van der Waals surface area contributed by atoms with Crippen LogP contribution in [-0.2, 0) is 11.2 Å². The molecule has 1 N–H and O–H groups in total. The molecule has 2 heterocycles. The number of anilines is 2. The van der Waals surface area contributed by atoms with Gasteiger partial charge in [0, 0.05) is 45.0 Å². The molecule has 2 aromatic rings. The predicted octanol–water partition coefficient (Wildman–Crippen LogP) is 2.20. The van der Waals surface area contributed by atoms with Gasteiger partial charge in [0.2, 0.25) is 11.9 Å². The summed E-state index contributed by atoms with van der Waals surface area (Å²) in [5.41, 5.74) is 0.930. The minimum absolute atomic E-state index is 0.142. The van der Waals surface area contributed by atoms with Gasteiger partial charge in [0.25, 0.3) is 0 Å². The largest absolute Gasteiger partial charge is 0.496 e. The number of hydrogen-bond donors (Lipinski definition) is 1. The maximum absolute atomic E-state index is 12.6. The van der Waals surface area contributed by atoms with E-state index in [-0.39, 0.29) is 11.9 Å². The minimum atomic E-state index is 0.142. The minimum Gasteiger partial charge on any atom is -0.496 e. The molecule has 1 saturated heterocycles. The standard InChI is InChI=1S/C20H27N5O2/c1-24(2)18-8-11-21-20(23-18)22-16-9-12-25(13-10-16)19(26)14-15-6-4-5-7-17(15)27-3/h4-8,11,16H,9-10,12-14H2,1-3H3,(H,21,22,23). The highest BCUT2D eigenvalue weighted by Crippen LogP contribution is 2.21. The molecule has 27 heavy (non-hydrogen) atoms. The van der Waals surface area contributed by atoms with E-state index >= 15 is 0 Å². The number of carbonyl (C=O) groups excluding carboxylic acids is 1. The molecule has 0 radical (unpaired) electrons. The molecule has 1 aliphatic rings. The number of amides is 1. The fraction of sp³-hybridized carbons (Fsp3) is 0.450. The number of nitrogens with one attached hydrogen (secondary N) is 1. The monoisotopic (exact) mass is 369 g/mol. The van der Waals surface area contributed by atoms with E-state index in [1.165, 1.54) is 0 Å². The van der Waals surface area contributed by atoms with Gasteiger partial charge in [-0.3, -0.25) is 4.79 Å². The van der Waals surface area contributed by atoms with Gasteiger partial charge in [0.1, 0.15) is 11.6 Å². The van der Waals surface area contributed by atoms with Gasteiger partial charge in [0.05, 0.1) is 13.5 Å². The van der Waals surface area contributed by atoms with Gasteiger partial charge in [-0.15, -0.1) is 0 Å². The molecule has 0 bridgehead atoms. The average Bonchev–Trinajstić information content (AvgIpc) is 2.69. The maximum Gasteiger partial charge on any atom is 0.227 e. The Bertz CT molecular complexity index is 772. The van der Waals surface area contributed by atoms with Gasteiger partial charge < -0.3 is 19.9 Å². The van der Waals surface area contributed by atoms with E-state index < -0.39 is 0 Å². The van der Waals surface area contributed by atoms with Crippen LogP contribution in [0.4, 0.5) is 11.8 Å². The van der Waals surface area contributed by atoms with Crippen LogP contribution < -0.4 is 15.0 Å². The Labute approximate surface area is 160 Å². The Morgan fingerprint density at radius 3 is 2.70 bits per heavy atom. The van der Waals surface area contributed by atoms with E-state index in [0.717, 1.165) is 43.1 Å². The third-order valence-electron chi connectivity index (χ3n) is 4.81. The van der Waals surface area contributed by atoms with Crippen molar-refractivity contribution in [2.75, 3.05) is 44.5 Å². The van der Waals surface area contributed by atoms with E-state index in [1.54, 1.807) is 13.3 Å². The first kappa shape index (κ1) is 18.9. The second-order valence-corrected chi connectivity index (χ2v) is 6.92. The molecule has 1 aliphatic heterocycles. The number of benzene rings is 1. The zero-order chi connectivity index (χ0) is 19.2. The van der Waals surface area contributed by atoms with Crippen molar-refractivity contribution < 1.29 is 9.53 Å². The SMILES string of the molecule is COc1ccccc1CC(=O)N1CCC(Nc2nccc(N(C)C)n2)CC1. The molecule has 1 fully saturated rings. The normalized spacial score (nSPS) is 14.7. The number of nitrogens with zero attached hydrogens (tertiary/aromatic N) is 4. The molecule has 0 atom stereocenters. The zero-order valence-electron chi connectivity index (χ0n) is 16.2. The third kappa shape index (κ3) is 4.87. The number of likely N-dealkylation sites (tertiary alicyclic amines) is 1. The van der Waals surface area contributed by atoms with Crippen molar-refractivity contribution in [2.24, 2.45) is 0 Å². The third-order valence-corrected chi connectivity index (χ3v) is 4.81. The summed E-state index contributed by atoms with van der Waals surface area (Å²) in [5, 5.41) is 3.40. The topological polar surface area (TPSA) is 70.6 Å². The van der Waals surface area contributed by atoms with Crippen molar-refractivity contribution in [2.45, 2.75) is 25.3 Å². The Balaban J connectivity index is 1.52. The number of ether oxygens (including phenoxy) is 1. The van der Waals surface area contributed by atoms with Crippen molar-refractivity contribution >= 4 is 17.7 Å². The van der Waals surface area contributed by atoms with Crippen molar-refractivity contribution in [3.8, 4) is 5.75 Å². The van der Waals surface area contributed by atoms with Crippen LogP contribution in [0.3, 0.4) is 0 Å². The number of para-hydroxylation sites is 1. The summed E-state index contributed by atoms with van der Waals surface area (Å²) in [7, 11) is 5.55. The summed E-state index contributed by atoms with van der Waals surface area (Å²) in [4.78, 5) is 25.3. The molecule has 1 amide bonds. The second kappa shape index (κ2) is 8.70. The van der Waals surface area contributed by atoms with Gasteiger partial charge >= 0.3 is 0 Å². The van der Waals surface area contributed by atoms with Crippen LogP contribution in [0.25, 0.3) is 0 Å². The van der Waals surface area contributed by atoms with Crippen LogP contribution in [0.15, 0.2) is 36.5 Å². The quantitative estimate of drug-likeness (QED) is 0.842. The number of methoxy groups -OCH3 is 1.